The molecule has 1 aromatic carbocycles. The van der Waals surface area contributed by atoms with E-state index >= 15 is 0 Å². The Bertz CT molecular complexity index is 400. The summed E-state index contributed by atoms with van der Waals surface area (Å²) in [4.78, 5) is 13.6. The molecule has 1 N–H and O–H groups in total. The largest absolute Gasteiger partial charge is 0.394 e. The Morgan fingerprint density at radius 2 is 1.84 bits per heavy atom. The summed E-state index contributed by atoms with van der Waals surface area (Å²) < 4.78 is 5.50. The van der Waals surface area contributed by atoms with E-state index in [0.29, 0.717) is 12.2 Å². The number of likely N-dealkylation sites (N-methyl/N-ethyl adjacent to an activating group) is 1. The van der Waals surface area contributed by atoms with Crippen LogP contribution in [0.3, 0.4) is 0 Å². The Morgan fingerprint density at radius 3 is 2.32 bits per heavy atom. The first kappa shape index (κ1) is 15.7. The standard InChI is InChI=1S/C15H23NO3/c1-11(2)19-10-13-5-7-14(8-6-13)15(18)16(4)12(3)9-17/h5-8,11-12,17H,9-10H2,1-4H3. The van der Waals surface area contributed by atoms with Gasteiger partial charge in [0.05, 0.1) is 25.4 Å². The monoisotopic (exact) mass is 265 g/mol. The van der Waals surface area contributed by atoms with Crippen molar-refractivity contribution in [1.29, 1.82) is 0 Å². The van der Waals surface area contributed by atoms with E-state index in [1.54, 1.807) is 24.1 Å². The minimum Gasteiger partial charge on any atom is -0.394 e. The zero-order chi connectivity index (χ0) is 14.4. The summed E-state index contributed by atoms with van der Waals surface area (Å²) in [5, 5.41) is 9.06. The Labute approximate surface area is 115 Å². The summed E-state index contributed by atoms with van der Waals surface area (Å²) in [6.07, 6.45) is 0.192. The van der Waals surface area contributed by atoms with Crippen molar-refractivity contribution in [3.8, 4) is 0 Å². The number of nitrogens with zero attached hydrogens (tertiary/aromatic N) is 1. The van der Waals surface area contributed by atoms with Gasteiger partial charge in [0.2, 0.25) is 0 Å². The van der Waals surface area contributed by atoms with Gasteiger partial charge in [0.1, 0.15) is 0 Å². The number of hydrogen-bond donors (Lipinski definition) is 1. The molecule has 0 saturated heterocycles. The molecule has 19 heavy (non-hydrogen) atoms. The summed E-state index contributed by atoms with van der Waals surface area (Å²) in [5.41, 5.74) is 1.67. The van der Waals surface area contributed by atoms with Crippen LogP contribution in [0.4, 0.5) is 0 Å². The van der Waals surface area contributed by atoms with Crippen molar-refractivity contribution in [3.05, 3.63) is 35.4 Å². The third kappa shape index (κ3) is 4.65. The van der Waals surface area contributed by atoms with Crippen LogP contribution in [0, 0.1) is 0 Å². The van der Waals surface area contributed by atoms with E-state index in [0.717, 1.165) is 5.56 Å². The van der Waals surface area contributed by atoms with E-state index in [4.69, 9.17) is 9.84 Å². The van der Waals surface area contributed by atoms with Crippen molar-refractivity contribution >= 4 is 5.91 Å². The molecule has 0 fully saturated rings. The molecule has 0 bridgehead atoms. The minimum atomic E-state index is -0.184. The zero-order valence-corrected chi connectivity index (χ0v) is 12.1. The highest BCUT2D eigenvalue weighted by molar-refractivity contribution is 5.94. The third-order valence-corrected chi connectivity index (χ3v) is 3.03. The lowest BCUT2D eigenvalue weighted by Gasteiger charge is -2.23. The molecule has 106 valence electrons. The molecule has 0 aliphatic heterocycles. The van der Waals surface area contributed by atoms with Crippen molar-refractivity contribution < 1.29 is 14.6 Å². The van der Waals surface area contributed by atoms with Crippen LogP contribution in [0.25, 0.3) is 0 Å². The fourth-order valence-electron chi connectivity index (χ4n) is 1.53. The Kier molecular flexibility index (Phi) is 5.99. The van der Waals surface area contributed by atoms with E-state index in [2.05, 4.69) is 0 Å². The quantitative estimate of drug-likeness (QED) is 0.856. The van der Waals surface area contributed by atoms with E-state index < -0.39 is 0 Å². The number of benzene rings is 1. The summed E-state index contributed by atoms with van der Waals surface area (Å²) in [6, 6.07) is 7.20. The normalized spacial score (nSPS) is 12.5. The van der Waals surface area contributed by atoms with E-state index in [1.807, 2.05) is 32.9 Å². The van der Waals surface area contributed by atoms with Gasteiger partial charge in [0, 0.05) is 12.6 Å². The molecule has 0 heterocycles. The van der Waals surface area contributed by atoms with Gasteiger partial charge in [-0.25, -0.2) is 0 Å². The van der Waals surface area contributed by atoms with Gasteiger partial charge in [-0.1, -0.05) is 12.1 Å². The molecule has 1 aromatic rings. The number of carbonyl (C=O) groups excluding carboxylic acids is 1. The van der Waals surface area contributed by atoms with Crippen molar-refractivity contribution in [3.63, 3.8) is 0 Å². The smallest absolute Gasteiger partial charge is 0.253 e. The molecular formula is C15H23NO3. The van der Waals surface area contributed by atoms with Crippen LogP contribution in [0.5, 0.6) is 0 Å². The Hall–Kier alpha value is -1.39. The first-order valence-corrected chi connectivity index (χ1v) is 6.54. The second-order valence-electron chi connectivity index (χ2n) is 5.00. The topological polar surface area (TPSA) is 49.8 Å². The first-order chi connectivity index (χ1) is 8.95. The number of rotatable bonds is 6. The van der Waals surface area contributed by atoms with Crippen molar-refractivity contribution in [1.82, 2.24) is 4.90 Å². The average Bonchev–Trinajstić information content (AvgIpc) is 2.43. The van der Waals surface area contributed by atoms with Gasteiger partial charge >= 0.3 is 0 Å². The second kappa shape index (κ2) is 7.26. The number of hydrogen-bond acceptors (Lipinski definition) is 3. The molecule has 4 nitrogen and oxygen atoms in total. The Morgan fingerprint density at radius 1 is 1.26 bits per heavy atom. The highest BCUT2D eigenvalue weighted by Crippen LogP contribution is 2.10. The predicted molar refractivity (Wildman–Crippen MR) is 75.0 cm³/mol. The molecule has 0 radical (unpaired) electrons. The average molecular weight is 265 g/mol. The molecule has 0 aromatic heterocycles. The van der Waals surface area contributed by atoms with Gasteiger partial charge in [-0.2, -0.15) is 0 Å². The molecule has 0 aliphatic rings. The van der Waals surface area contributed by atoms with Gasteiger partial charge < -0.3 is 14.7 Å². The molecule has 1 unspecified atom stereocenters. The number of ether oxygens (including phenoxy) is 1. The molecule has 1 atom stereocenters. The third-order valence-electron chi connectivity index (χ3n) is 3.03. The van der Waals surface area contributed by atoms with Crippen molar-refractivity contribution in [2.75, 3.05) is 13.7 Å². The maximum absolute atomic E-state index is 12.1. The molecule has 0 spiro atoms. The van der Waals surface area contributed by atoms with E-state index in [9.17, 15) is 4.79 Å². The van der Waals surface area contributed by atoms with Crippen LogP contribution in [0.2, 0.25) is 0 Å². The fraction of sp³-hybridized carbons (Fsp3) is 0.533. The highest BCUT2D eigenvalue weighted by atomic mass is 16.5. The van der Waals surface area contributed by atoms with Gasteiger partial charge in [0.25, 0.3) is 5.91 Å². The lowest BCUT2D eigenvalue weighted by atomic mass is 10.1. The summed E-state index contributed by atoms with van der Waals surface area (Å²) in [6.45, 7) is 6.30. The highest BCUT2D eigenvalue weighted by Gasteiger charge is 2.16. The van der Waals surface area contributed by atoms with E-state index in [-0.39, 0.29) is 24.7 Å². The van der Waals surface area contributed by atoms with Crippen LogP contribution in [-0.4, -0.2) is 41.7 Å². The van der Waals surface area contributed by atoms with Crippen LogP contribution in [0.1, 0.15) is 36.7 Å². The van der Waals surface area contributed by atoms with E-state index in [1.165, 1.54) is 0 Å². The molecule has 1 rings (SSSR count). The fourth-order valence-corrected chi connectivity index (χ4v) is 1.53. The number of carbonyl (C=O) groups is 1. The zero-order valence-electron chi connectivity index (χ0n) is 12.1. The maximum atomic E-state index is 12.1. The minimum absolute atomic E-state index is 0.0391. The Balaban J connectivity index is 2.67. The molecule has 4 heteroatoms. The van der Waals surface area contributed by atoms with Crippen LogP contribution >= 0.6 is 0 Å². The van der Waals surface area contributed by atoms with Crippen LogP contribution in [0.15, 0.2) is 24.3 Å². The summed E-state index contributed by atoms with van der Waals surface area (Å²) in [7, 11) is 1.69. The molecule has 0 aliphatic carbocycles. The van der Waals surface area contributed by atoms with Gasteiger partial charge in [-0.3, -0.25) is 4.79 Å². The van der Waals surface area contributed by atoms with Crippen LogP contribution in [-0.2, 0) is 11.3 Å². The van der Waals surface area contributed by atoms with Crippen molar-refractivity contribution in [2.45, 2.75) is 39.5 Å². The van der Waals surface area contributed by atoms with Gasteiger partial charge in [0.15, 0.2) is 0 Å². The number of amides is 1. The SMILES string of the molecule is CC(C)OCc1ccc(C(=O)N(C)C(C)CO)cc1. The van der Waals surface area contributed by atoms with Crippen molar-refractivity contribution in [2.24, 2.45) is 0 Å². The molecule has 0 saturated carbocycles. The van der Waals surface area contributed by atoms with Crippen LogP contribution < -0.4 is 0 Å². The maximum Gasteiger partial charge on any atom is 0.253 e. The number of aliphatic hydroxyl groups is 1. The summed E-state index contributed by atoms with van der Waals surface area (Å²) in [5.74, 6) is -0.0853. The lowest BCUT2D eigenvalue weighted by molar-refractivity contribution is 0.0652. The van der Waals surface area contributed by atoms with Gasteiger partial charge in [-0.05, 0) is 38.5 Å². The lowest BCUT2D eigenvalue weighted by Crippen LogP contribution is -2.37. The first-order valence-electron chi connectivity index (χ1n) is 6.54. The predicted octanol–water partition coefficient (Wildman–Crippen LogP) is 2.06. The number of aliphatic hydroxyl groups excluding tert-OH is 1. The second-order valence-corrected chi connectivity index (χ2v) is 5.00. The summed E-state index contributed by atoms with van der Waals surface area (Å²) >= 11 is 0. The van der Waals surface area contributed by atoms with Gasteiger partial charge in [-0.15, -0.1) is 0 Å². The molecule has 1 amide bonds. The molecular weight excluding hydrogens is 242 g/mol.